The lowest BCUT2D eigenvalue weighted by Gasteiger charge is -2.33. The van der Waals surface area contributed by atoms with Crippen LogP contribution in [0.25, 0.3) is 0 Å². The number of nitrogens with zero attached hydrogens (tertiary/aromatic N) is 3. The molecule has 0 spiro atoms. The van der Waals surface area contributed by atoms with Gasteiger partial charge in [0.1, 0.15) is 12.0 Å². The molecule has 1 N–H and O–H groups in total. The zero-order valence-electron chi connectivity index (χ0n) is 11.2. The van der Waals surface area contributed by atoms with Crippen LogP contribution in [0.2, 0.25) is 5.15 Å². The summed E-state index contributed by atoms with van der Waals surface area (Å²) in [4.78, 5) is 8.31. The number of hydrogen-bond acceptors (Lipinski definition) is 4. The van der Waals surface area contributed by atoms with Gasteiger partial charge < -0.3 is 10.2 Å². The molecule has 0 aliphatic carbocycles. The summed E-state index contributed by atoms with van der Waals surface area (Å²) >= 11 is 5.77. The van der Waals surface area contributed by atoms with E-state index in [2.05, 4.69) is 15.3 Å². The minimum absolute atomic E-state index is 0.0796. The van der Waals surface area contributed by atoms with Gasteiger partial charge in [0.15, 0.2) is 16.4 Å². The Morgan fingerprint density at radius 1 is 1.18 bits per heavy atom. The molecule has 2 rings (SSSR count). The lowest BCUT2D eigenvalue weighted by atomic mass is 9.85. The first-order valence-corrected chi connectivity index (χ1v) is 6.48. The Bertz CT molecular complexity index is 544. The van der Waals surface area contributed by atoms with Crippen molar-refractivity contribution in [3.63, 3.8) is 0 Å². The van der Waals surface area contributed by atoms with Gasteiger partial charge in [-0.05, 0) is 6.42 Å². The molecule has 0 saturated carbocycles. The monoisotopic (exact) mass is 348 g/mol. The van der Waals surface area contributed by atoms with Crippen molar-refractivity contribution in [2.24, 2.45) is 5.41 Å². The topological polar surface area (TPSA) is 41.1 Å². The first kappa shape index (κ1) is 16.9. The van der Waals surface area contributed by atoms with Crippen molar-refractivity contribution >= 4 is 23.1 Å². The maximum atomic E-state index is 13.0. The number of alkyl halides is 6. The van der Waals surface area contributed by atoms with Crippen LogP contribution < -0.4 is 10.2 Å². The SMILES string of the molecule is CNc1c(Cl)ncnc1N1CCC(C(F)(F)F)(C(F)(F)F)C1. The predicted molar refractivity (Wildman–Crippen MR) is 68.0 cm³/mol. The van der Waals surface area contributed by atoms with E-state index in [1.54, 1.807) is 0 Å². The quantitative estimate of drug-likeness (QED) is 0.656. The van der Waals surface area contributed by atoms with Crippen molar-refractivity contribution < 1.29 is 26.3 Å². The molecule has 11 heteroatoms. The highest BCUT2D eigenvalue weighted by molar-refractivity contribution is 6.32. The van der Waals surface area contributed by atoms with Crippen molar-refractivity contribution in [1.29, 1.82) is 0 Å². The molecule has 2 heterocycles. The zero-order chi connectivity index (χ0) is 16.8. The van der Waals surface area contributed by atoms with E-state index in [9.17, 15) is 26.3 Å². The highest BCUT2D eigenvalue weighted by Gasteiger charge is 2.72. The Hall–Kier alpha value is -1.45. The van der Waals surface area contributed by atoms with Crippen molar-refractivity contribution in [2.75, 3.05) is 30.4 Å². The van der Waals surface area contributed by atoms with Gasteiger partial charge >= 0.3 is 12.4 Å². The van der Waals surface area contributed by atoms with Crippen LogP contribution in [0, 0.1) is 5.41 Å². The molecule has 1 saturated heterocycles. The Kier molecular flexibility index (Phi) is 4.09. The number of aromatic nitrogens is 2. The zero-order valence-corrected chi connectivity index (χ0v) is 11.9. The normalized spacial score (nSPS) is 18.6. The third-order valence-electron chi connectivity index (χ3n) is 3.69. The average molecular weight is 349 g/mol. The summed E-state index contributed by atoms with van der Waals surface area (Å²) in [7, 11) is 1.42. The molecule has 0 bridgehead atoms. The van der Waals surface area contributed by atoms with Crippen molar-refractivity contribution in [2.45, 2.75) is 18.8 Å². The molecule has 1 aliphatic rings. The molecule has 0 unspecified atom stereocenters. The van der Waals surface area contributed by atoms with Gasteiger partial charge in [-0.15, -0.1) is 0 Å². The molecule has 0 aromatic carbocycles. The van der Waals surface area contributed by atoms with E-state index in [0.717, 1.165) is 11.2 Å². The largest absolute Gasteiger partial charge is 0.404 e. The van der Waals surface area contributed by atoms with E-state index in [1.165, 1.54) is 7.05 Å². The van der Waals surface area contributed by atoms with Gasteiger partial charge in [0.25, 0.3) is 0 Å². The Morgan fingerprint density at radius 3 is 2.23 bits per heavy atom. The van der Waals surface area contributed by atoms with Crippen LogP contribution >= 0.6 is 11.6 Å². The lowest BCUT2D eigenvalue weighted by Crippen LogP contribution is -2.51. The number of anilines is 2. The number of nitrogens with one attached hydrogen (secondary N) is 1. The van der Waals surface area contributed by atoms with Gasteiger partial charge in [-0.25, -0.2) is 9.97 Å². The minimum atomic E-state index is -5.41. The van der Waals surface area contributed by atoms with Crippen molar-refractivity contribution in [3.05, 3.63) is 11.5 Å². The van der Waals surface area contributed by atoms with Crippen LogP contribution in [0.4, 0.5) is 37.8 Å². The van der Waals surface area contributed by atoms with E-state index in [1.807, 2.05) is 0 Å². The van der Waals surface area contributed by atoms with Gasteiger partial charge in [0.2, 0.25) is 0 Å². The van der Waals surface area contributed by atoms with Crippen LogP contribution in [0.3, 0.4) is 0 Å². The molecule has 22 heavy (non-hydrogen) atoms. The first-order valence-electron chi connectivity index (χ1n) is 6.10. The summed E-state index contributed by atoms with van der Waals surface area (Å²) in [6.45, 7) is -1.71. The highest BCUT2D eigenvalue weighted by Crippen LogP contribution is 2.56. The molecule has 0 radical (unpaired) electrons. The molecule has 1 aromatic rings. The summed E-state index contributed by atoms with van der Waals surface area (Å²) in [6.07, 6.45) is -10.9. The molecule has 124 valence electrons. The molecule has 1 aromatic heterocycles. The molecular weight excluding hydrogens is 338 g/mol. The van der Waals surface area contributed by atoms with Crippen molar-refractivity contribution in [3.8, 4) is 0 Å². The summed E-state index contributed by atoms with van der Waals surface area (Å²) in [5.41, 5.74) is -3.69. The molecule has 0 amide bonds. The van der Waals surface area contributed by atoms with Crippen molar-refractivity contribution in [1.82, 2.24) is 9.97 Å². The fourth-order valence-corrected chi connectivity index (χ4v) is 2.65. The summed E-state index contributed by atoms with van der Waals surface area (Å²) in [5, 5.41) is 2.50. The lowest BCUT2D eigenvalue weighted by molar-refractivity contribution is -0.332. The van der Waals surface area contributed by atoms with Gasteiger partial charge in [-0.1, -0.05) is 11.6 Å². The van der Waals surface area contributed by atoms with E-state index in [0.29, 0.717) is 0 Å². The Labute approximate surface area is 126 Å². The van der Waals surface area contributed by atoms with Crippen LogP contribution in [0.15, 0.2) is 6.33 Å². The number of rotatable bonds is 2. The highest BCUT2D eigenvalue weighted by atomic mass is 35.5. The van der Waals surface area contributed by atoms with Crippen LogP contribution in [-0.2, 0) is 0 Å². The van der Waals surface area contributed by atoms with E-state index < -0.39 is 37.3 Å². The predicted octanol–water partition coefficient (Wildman–Crippen LogP) is 3.49. The smallest absolute Gasteiger partial charge is 0.383 e. The fraction of sp³-hybridized carbons (Fsp3) is 0.636. The summed E-state index contributed by atoms with van der Waals surface area (Å²) in [5.74, 6) is -0.0853. The minimum Gasteiger partial charge on any atom is -0.383 e. The number of halogens is 7. The van der Waals surface area contributed by atoms with Crippen LogP contribution in [0.1, 0.15) is 6.42 Å². The van der Waals surface area contributed by atoms with Gasteiger partial charge in [0, 0.05) is 20.1 Å². The van der Waals surface area contributed by atoms with Gasteiger partial charge in [0.05, 0.1) is 0 Å². The standard InChI is InChI=1S/C11H11ClF6N4/c1-19-6-7(12)20-5-21-8(6)22-3-2-9(4-22,10(13,14)15)11(16,17)18/h5,19H,2-4H2,1H3. The first-order chi connectivity index (χ1) is 10.0. The second-order valence-corrected chi connectivity index (χ2v) is 5.22. The van der Waals surface area contributed by atoms with E-state index >= 15 is 0 Å². The summed E-state index contributed by atoms with van der Waals surface area (Å²) < 4.78 is 78.2. The summed E-state index contributed by atoms with van der Waals surface area (Å²) in [6, 6.07) is 0. The third kappa shape index (κ3) is 2.53. The van der Waals surface area contributed by atoms with E-state index in [4.69, 9.17) is 11.6 Å². The van der Waals surface area contributed by atoms with Crippen LogP contribution in [0.5, 0.6) is 0 Å². The molecule has 1 aliphatic heterocycles. The number of hydrogen-bond donors (Lipinski definition) is 1. The maximum absolute atomic E-state index is 13.0. The molecule has 4 nitrogen and oxygen atoms in total. The van der Waals surface area contributed by atoms with Gasteiger partial charge in [-0.3, -0.25) is 0 Å². The van der Waals surface area contributed by atoms with E-state index in [-0.39, 0.29) is 16.7 Å². The Morgan fingerprint density at radius 2 is 1.77 bits per heavy atom. The molecule has 0 atom stereocenters. The fourth-order valence-electron chi connectivity index (χ4n) is 2.42. The average Bonchev–Trinajstić information content (AvgIpc) is 2.83. The maximum Gasteiger partial charge on any atom is 0.404 e. The second kappa shape index (κ2) is 5.32. The van der Waals surface area contributed by atoms with Crippen LogP contribution in [-0.4, -0.2) is 42.5 Å². The molecular formula is C11H11ClF6N4. The third-order valence-corrected chi connectivity index (χ3v) is 3.97. The Balaban J connectivity index is 2.42. The second-order valence-electron chi connectivity index (χ2n) is 4.86. The molecule has 1 fully saturated rings. The van der Waals surface area contributed by atoms with Gasteiger partial charge in [-0.2, -0.15) is 26.3 Å².